The molecule has 0 radical (unpaired) electrons. The Hall–Kier alpha value is -1.50. The highest BCUT2D eigenvalue weighted by Crippen LogP contribution is 2.20. The summed E-state index contributed by atoms with van der Waals surface area (Å²) in [6, 6.07) is 0. The number of carbonyl (C=O) groups is 1. The van der Waals surface area contributed by atoms with Crippen molar-refractivity contribution in [1.82, 2.24) is 0 Å². The fourth-order valence-corrected chi connectivity index (χ4v) is 1.12. The molecule has 0 saturated heterocycles. The van der Waals surface area contributed by atoms with E-state index in [0.717, 1.165) is 0 Å². The number of methoxy groups -OCH3 is 1. The van der Waals surface area contributed by atoms with Crippen molar-refractivity contribution in [2.45, 2.75) is 32.2 Å². The number of nitrogens with zero attached hydrogens (tertiary/aromatic N) is 1. The zero-order chi connectivity index (χ0) is 14.3. The van der Waals surface area contributed by atoms with Gasteiger partial charge >= 0.3 is 5.97 Å². The van der Waals surface area contributed by atoms with Crippen molar-refractivity contribution in [2.75, 3.05) is 13.7 Å². The molecule has 0 aliphatic carbocycles. The Morgan fingerprint density at radius 1 is 1.39 bits per heavy atom. The van der Waals surface area contributed by atoms with Gasteiger partial charge in [0.1, 0.15) is 11.4 Å². The second-order valence-electron chi connectivity index (χ2n) is 4.18. The Labute approximate surface area is 105 Å². The molecule has 4 N–H and O–H groups in total. The van der Waals surface area contributed by atoms with Crippen LogP contribution in [0.3, 0.4) is 0 Å². The summed E-state index contributed by atoms with van der Waals surface area (Å²) in [7, 11) is 1.18. The Morgan fingerprint density at radius 3 is 2.39 bits per heavy atom. The van der Waals surface area contributed by atoms with Gasteiger partial charge in [0, 0.05) is 6.42 Å². The second kappa shape index (κ2) is 7.05. The van der Waals surface area contributed by atoms with Crippen molar-refractivity contribution < 1.29 is 18.3 Å². The molecule has 5 nitrogen and oxygen atoms in total. The number of hydrogen-bond donors (Lipinski definition) is 2. The van der Waals surface area contributed by atoms with Crippen LogP contribution < -0.4 is 11.5 Å². The average Bonchev–Trinajstić information content (AvgIpc) is 2.31. The van der Waals surface area contributed by atoms with Crippen molar-refractivity contribution in [3.63, 3.8) is 0 Å². The van der Waals surface area contributed by atoms with Crippen LogP contribution in [0.2, 0.25) is 0 Å². The third-order valence-corrected chi connectivity index (χ3v) is 2.28. The summed E-state index contributed by atoms with van der Waals surface area (Å²) in [5.74, 6) is -2.51. The van der Waals surface area contributed by atoms with Gasteiger partial charge in [-0.1, -0.05) is 0 Å². The van der Waals surface area contributed by atoms with Crippen molar-refractivity contribution in [3.8, 4) is 0 Å². The van der Waals surface area contributed by atoms with Gasteiger partial charge in [0.25, 0.3) is 0 Å². The van der Waals surface area contributed by atoms with E-state index in [0.29, 0.717) is 0 Å². The van der Waals surface area contributed by atoms with Crippen LogP contribution in [0.25, 0.3) is 0 Å². The van der Waals surface area contributed by atoms with Crippen LogP contribution in [0.15, 0.2) is 16.6 Å². The number of carbonyl (C=O) groups excluding carboxylic acids is 1. The molecule has 0 saturated carbocycles. The summed E-state index contributed by atoms with van der Waals surface area (Å²) in [4.78, 5) is 14.8. The summed E-state index contributed by atoms with van der Waals surface area (Å²) in [6.45, 7) is 2.42. The van der Waals surface area contributed by atoms with E-state index >= 15 is 0 Å². The first-order valence-corrected chi connectivity index (χ1v) is 5.37. The first-order chi connectivity index (χ1) is 8.20. The highest BCUT2D eigenvalue weighted by atomic mass is 19.2. The lowest BCUT2D eigenvalue weighted by Crippen LogP contribution is -2.45. The molecule has 18 heavy (non-hydrogen) atoms. The quantitative estimate of drug-likeness (QED) is 0.428. The summed E-state index contributed by atoms with van der Waals surface area (Å²) < 4.78 is 31.0. The van der Waals surface area contributed by atoms with Crippen molar-refractivity contribution >= 4 is 11.8 Å². The number of amidine groups is 1. The highest BCUT2D eigenvalue weighted by molar-refractivity contribution is 5.79. The molecule has 104 valence electrons. The number of esters is 1. The fraction of sp³-hybridized carbons (Fsp3) is 0.636. The van der Waals surface area contributed by atoms with E-state index in [4.69, 9.17) is 11.5 Å². The average molecular weight is 263 g/mol. The summed E-state index contributed by atoms with van der Waals surface area (Å²) in [5, 5.41) is 0. The Morgan fingerprint density at radius 2 is 1.94 bits per heavy atom. The topological polar surface area (TPSA) is 90.7 Å². The maximum absolute atomic E-state index is 13.3. The van der Waals surface area contributed by atoms with Crippen LogP contribution >= 0.6 is 0 Å². The minimum atomic E-state index is -1.35. The molecule has 7 heteroatoms. The third kappa shape index (κ3) is 5.72. The lowest BCUT2D eigenvalue weighted by molar-refractivity contribution is -0.146. The standard InChI is InChI=1S/C11H19F2N3O2/c1-7(14)16-6-9(13)8(12)4-5-11(2,15)10(17)18-3/h4-6,15H2,1-3H3,(H2,14,16)/b9-8-/t11-/m1/s1. The summed E-state index contributed by atoms with van der Waals surface area (Å²) in [5.41, 5.74) is 9.46. The number of aliphatic imine (C=N–C) groups is 1. The van der Waals surface area contributed by atoms with E-state index in [1.54, 1.807) is 0 Å². The van der Waals surface area contributed by atoms with E-state index in [1.165, 1.54) is 21.0 Å². The molecule has 0 aliphatic heterocycles. The molecule has 0 aromatic carbocycles. The number of hydrogen-bond acceptors (Lipinski definition) is 4. The van der Waals surface area contributed by atoms with Crippen LogP contribution in [0.4, 0.5) is 8.78 Å². The minimum Gasteiger partial charge on any atom is -0.468 e. The zero-order valence-corrected chi connectivity index (χ0v) is 10.8. The summed E-state index contributed by atoms with van der Waals surface area (Å²) in [6.07, 6.45) is -0.364. The molecule has 0 heterocycles. The van der Waals surface area contributed by atoms with Gasteiger partial charge in [-0.25, -0.2) is 8.78 Å². The number of allylic oxidation sites excluding steroid dienone is 1. The molecule has 0 aromatic heterocycles. The SMILES string of the molecule is COC(=O)[C@](C)(N)CC/C(F)=C(/F)CN=C(C)N. The first kappa shape index (κ1) is 16.5. The molecule has 0 aliphatic rings. The van der Waals surface area contributed by atoms with Crippen molar-refractivity contribution in [1.29, 1.82) is 0 Å². The van der Waals surface area contributed by atoms with Crippen LogP contribution in [-0.2, 0) is 9.53 Å². The molecule has 0 bridgehead atoms. The second-order valence-corrected chi connectivity index (χ2v) is 4.18. The molecule has 0 unspecified atom stereocenters. The van der Waals surface area contributed by atoms with Crippen LogP contribution in [0, 0.1) is 0 Å². The largest absolute Gasteiger partial charge is 0.468 e. The Bertz CT molecular complexity index is 361. The number of ether oxygens (including phenoxy) is 1. The van der Waals surface area contributed by atoms with Gasteiger partial charge in [0.05, 0.1) is 19.5 Å². The van der Waals surface area contributed by atoms with E-state index in [9.17, 15) is 13.6 Å². The van der Waals surface area contributed by atoms with Crippen LogP contribution in [0.1, 0.15) is 26.7 Å². The molecule has 1 atom stereocenters. The van der Waals surface area contributed by atoms with Crippen molar-refractivity contribution in [2.24, 2.45) is 16.5 Å². The zero-order valence-electron chi connectivity index (χ0n) is 10.8. The van der Waals surface area contributed by atoms with E-state index < -0.39 is 29.7 Å². The Balaban J connectivity index is 4.49. The molecular formula is C11H19F2N3O2. The molecule has 0 rings (SSSR count). The maximum atomic E-state index is 13.3. The van der Waals surface area contributed by atoms with E-state index in [-0.39, 0.29) is 18.7 Å². The lowest BCUT2D eigenvalue weighted by atomic mass is 9.97. The molecule has 0 fully saturated rings. The summed E-state index contributed by atoms with van der Waals surface area (Å²) >= 11 is 0. The van der Waals surface area contributed by atoms with E-state index in [1.807, 2.05) is 0 Å². The van der Waals surface area contributed by atoms with E-state index in [2.05, 4.69) is 9.73 Å². The molecule has 0 spiro atoms. The first-order valence-electron chi connectivity index (χ1n) is 5.37. The van der Waals surface area contributed by atoms with Crippen LogP contribution in [-0.4, -0.2) is 31.0 Å². The number of rotatable bonds is 6. The Kier molecular flexibility index (Phi) is 6.46. The van der Waals surface area contributed by atoms with Gasteiger partial charge in [-0.15, -0.1) is 0 Å². The smallest absolute Gasteiger partial charge is 0.325 e. The maximum Gasteiger partial charge on any atom is 0.325 e. The molecular weight excluding hydrogens is 244 g/mol. The normalized spacial score (nSPS) is 16.9. The highest BCUT2D eigenvalue weighted by Gasteiger charge is 2.29. The van der Waals surface area contributed by atoms with Gasteiger partial charge in [-0.3, -0.25) is 9.79 Å². The van der Waals surface area contributed by atoms with Gasteiger partial charge < -0.3 is 16.2 Å². The lowest BCUT2D eigenvalue weighted by Gasteiger charge is -2.20. The van der Waals surface area contributed by atoms with Gasteiger partial charge in [0.2, 0.25) is 0 Å². The van der Waals surface area contributed by atoms with Crippen molar-refractivity contribution in [3.05, 3.63) is 11.7 Å². The van der Waals surface area contributed by atoms with Gasteiger partial charge in [-0.05, 0) is 20.3 Å². The number of nitrogens with two attached hydrogens (primary N) is 2. The minimum absolute atomic E-state index is 0.0652. The predicted molar refractivity (Wildman–Crippen MR) is 65.2 cm³/mol. The molecule has 0 amide bonds. The van der Waals surface area contributed by atoms with Crippen LogP contribution in [0.5, 0.6) is 0 Å². The monoisotopic (exact) mass is 263 g/mol. The number of halogens is 2. The third-order valence-electron chi connectivity index (χ3n) is 2.28. The van der Waals surface area contributed by atoms with Gasteiger partial charge in [0.15, 0.2) is 5.83 Å². The van der Waals surface area contributed by atoms with Gasteiger partial charge in [-0.2, -0.15) is 0 Å². The molecule has 0 aromatic rings. The fourth-order valence-electron chi connectivity index (χ4n) is 1.12. The predicted octanol–water partition coefficient (Wildman–Crippen LogP) is 1.18.